The maximum absolute atomic E-state index is 13.2. The molecule has 0 saturated carbocycles. The van der Waals surface area contributed by atoms with Gasteiger partial charge in [0.25, 0.3) is 5.56 Å². The molecule has 3 rings (SSSR count). The molecule has 1 aromatic carbocycles. The Morgan fingerprint density at radius 1 is 1.11 bits per heavy atom. The number of nitrogens with zero attached hydrogens (tertiary/aromatic N) is 4. The lowest BCUT2D eigenvalue weighted by molar-refractivity contribution is -0.144. The Bertz CT molecular complexity index is 1180. The Hall–Kier alpha value is -3.11. The fourth-order valence-electron chi connectivity index (χ4n) is 2.59. The van der Waals surface area contributed by atoms with Gasteiger partial charge in [-0.15, -0.1) is 0 Å². The molecule has 2 radical (unpaired) electrons. The molecule has 2 aromatic heterocycles. The summed E-state index contributed by atoms with van der Waals surface area (Å²) in [4.78, 5) is 31.5. The van der Waals surface area contributed by atoms with Crippen LogP contribution >= 0.6 is 0 Å². The third kappa shape index (κ3) is 3.09. The van der Waals surface area contributed by atoms with Gasteiger partial charge >= 0.3 is 11.9 Å². The monoisotopic (exact) mass is 375 g/mol. The molecule has 11 heteroatoms. The third-order valence-electron chi connectivity index (χ3n) is 4.18. The minimum Gasteiger partial charge on any atom is -0.339 e. The Balaban J connectivity index is 2.41. The van der Waals surface area contributed by atoms with Crippen LogP contribution in [-0.4, -0.2) is 26.9 Å². The van der Waals surface area contributed by atoms with Crippen LogP contribution in [0.3, 0.4) is 0 Å². The van der Waals surface area contributed by atoms with Gasteiger partial charge in [0, 0.05) is 19.8 Å². The van der Waals surface area contributed by atoms with Gasteiger partial charge < -0.3 is 5.32 Å². The highest BCUT2D eigenvalue weighted by Gasteiger charge is 2.36. The van der Waals surface area contributed by atoms with E-state index in [1.807, 2.05) is 0 Å². The topological polar surface area (TPSA) is 81.8 Å². The molecule has 0 aliphatic rings. The van der Waals surface area contributed by atoms with Crippen LogP contribution in [0.5, 0.6) is 0 Å². The third-order valence-corrected chi connectivity index (χ3v) is 4.18. The van der Waals surface area contributed by atoms with E-state index in [1.165, 1.54) is 14.1 Å². The minimum absolute atomic E-state index is 0.241. The molecule has 138 valence electrons. The molecule has 27 heavy (non-hydrogen) atoms. The summed E-state index contributed by atoms with van der Waals surface area (Å²) in [5.41, 5.74) is -0.682. The Labute approximate surface area is 151 Å². The molecule has 0 saturated heterocycles. The van der Waals surface area contributed by atoms with Crippen LogP contribution in [0.4, 0.5) is 24.7 Å². The van der Waals surface area contributed by atoms with Crippen LogP contribution in [0.25, 0.3) is 11.0 Å². The number of aromatic nitrogens is 4. The summed E-state index contributed by atoms with van der Waals surface area (Å²) in [6.07, 6.45) is -4.87. The highest BCUT2D eigenvalue weighted by atomic mass is 19.4. The van der Waals surface area contributed by atoms with Crippen molar-refractivity contribution in [3.05, 3.63) is 50.4 Å². The summed E-state index contributed by atoms with van der Waals surface area (Å²) in [6.45, 7) is 1.67. The Morgan fingerprint density at radius 3 is 2.41 bits per heavy atom. The summed E-state index contributed by atoms with van der Waals surface area (Å²) >= 11 is 0. The van der Waals surface area contributed by atoms with Crippen LogP contribution in [0, 0.1) is 6.92 Å². The number of nitrogens with one attached hydrogen (secondary N) is 1. The second-order valence-corrected chi connectivity index (χ2v) is 5.94. The number of fused-ring (bicyclic) bond motifs is 1. The maximum Gasteiger partial charge on any atom is 0.451 e. The number of alkyl halides is 3. The second-order valence-electron chi connectivity index (χ2n) is 5.94. The SMILES string of the molecule is [B]c1cccc(Nc2nc(C(F)(F)F)nc3c2c(=O)n(C)c(=O)n3C)c1C. The normalized spacial score (nSPS) is 11.8. The molecule has 0 atom stereocenters. The first-order valence-electron chi connectivity index (χ1n) is 7.69. The van der Waals surface area contributed by atoms with Crippen LogP contribution in [-0.2, 0) is 20.3 Å². The maximum atomic E-state index is 13.2. The average Bonchev–Trinajstić information content (AvgIpc) is 2.60. The summed E-state index contributed by atoms with van der Waals surface area (Å²) < 4.78 is 41.4. The van der Waals surface area contributed by atoms with Crippen LogP contribution in [0.15, 0.2) is 27.8 Å². The number of aryl methyl sites for hydroxylation is 1. The van der Waals surface area contributed by atoms with Crippen molar-refractivity contribution >= 4 is 35.8 Å². The average molecular weight is 375 g/mol. The first kappa shape index (κ1) is 18.7. The highest BCUT2D eigenvalue weighted by Crippen LogP contribution is 2.30. The van der Waals surface area contributed by atoms with E-state index < -0.39 is 28.9 Å². The summed E-state index contributed by atoms with van der Waals surface area (Å²) in [6, 6.07) is 4.81. The van der Waals surface area contributed by atoms with E-state index >= 15 is 0 Å². The number of hydrogen-bond donors (Lipinski definition) is 1. The lowest BCUT2D eigenvalue weighted by Crippen LogP contribution is -2.38. The molecule has 0 unspecified atom stereocenters. The van der Waals surface area contributed by atoms with E-state index in [2.05, 4.69) is 15.3 Å². The molecule has 0 bridgehead atoms. The Kier molecular flexibility index (Phi) is 4.33. The first-order chi connectivity index (χ1) is 12.5. The molecule has 0 aliphatic heterocycles. The van der Waals surface area contributed by atoms with Gasteiger partial charge in [0.1, 0.15) is 19.1 Å². The van der Waals surface area contributed by atoms with Crippen molar-refractivity contribution in [3.8, 4) is 0 Å². The van der Waals surface area contributed by atoms with E-state index in [0.717, 1.165) is 9.13 Å². The molecule has 0 aliphatic carbocycles. The predicted molar refractivity (Wildman–Crippen MR) is 94.9 cm³/mol. The van der Waals surface area contributed by atoms with Gasteiger partial charge in [-0.25, -0.2) is 14.8 Å². The van der Waals surface area contributed by atoms with Gasteiger partial charge in [-0.1, -0.05) is 17.6 Å². The first-order valence-corrected chi connectivity index (χ1v) is 7.69. The lowest BCUT2D eigenvalue weighted by atomic mass is 9.90. The van der Waals surface area contributed by atoms with Gasteiger partial charge in [0.2, 0.25) is 5.82 Å². The molecule has 1 N–H and O–H groups in total. The number of benzene rings is 1. The van der Waals surface area contributed by atoms with Crippen molar-refractivity contribution in [1.29, 1.82) is 0 Å². The van der Waals surface area contributed by atoms with E-state index in [4.69, 9.17) is 7.85 Å². The van der Waals surface area contributed by atoms with E-state index in [9.17, 15) is 22.8 Å². The van der Waals surface area contributed by atoms with Crippen LogP contribution in [0.1, 0.15) is 11.4 Å². The molecule has 2 heterocycles. The van der Waals surface area contributed by atoms with Crippen LogP contribution < -0.4 is 22.0 Å². The fourth-order valence-corrected chi connectivity index (χ4v) is 2.59. The summed E-state index contributed by atoms with van der Waals surface area (Å²) in [5, 5.41) is 2.48. The highest BCUT2D eigenvalue weighted by molar-refractivity contribution is 6.33. The standard InChI is InChI=1S/C16H13BF3N5O2/c1-7-8(17)5-4-6-9(7)21-11-10-12(23-14(22-11)16(18,19)20)24(2)15(27)25(3)13(10)26/h4-6H,1-3H3,(H,21,22,23). The van der Waals surface area contributed by atoms with Crippen molar-refractivity contribution < 1.29 is 13.2 Å². The Morgan fingerprint density at radius 2 is 1.78 bits per heavy atom. The minimum atomic E-state index is -4.87. The second kappa shape index (κ2) is 6.25. The predicted octanol–water partition coefficient (Wildman–Crippen LogP) is 0.892. The number of hydrogen-bond acceptors (Lipinski definition) is 5. The zero-order chi connectivity index (χ0) is 20.1. The lowest BCUT2D eigenvalue weighted by Gasteiger charge is -2.16. The van der Waals surface area contributed by atoms with Crippen molar-refractivity contribution in [3.63, 3.8) is 0 Å². The van der Waals surface area contributed by atoms with Crippen molar-refractivity contribution in [2.45, 2.75) is 13.1 Å². The molecule has 7 nitrogen and oxygen atoms in total. The molecular formula is C16H13BF3N5O2. The van der Waals surface area contributed by atoms with Gasteiger partial charge in [-0.2, -0.15) is 13.2 Å². The van der Waals surface area contributed by atoms with E-state index in [1.54, 1.807) is 25.1 Å². The van der Waals surface area contributed by atoms with Gasteiger partial charge in [-0.3, -0.25) is 13.9 Å². The number of rotatable bonds is 2. The molecule has 0 amide bonds. The van der Waals surface area contributed by atoms with Gasteiger partial charge in [-0.05, 0) is 18.6 Å². The fraction of sp³-hybridized carbons (Fsp3) is 0.250. The molecule has 3 aromatic rings. The molecule has 0 spiro atoms. The smallest absolute Gasteiger partial charge is 0.339 e. The van der Waals surface area contributed by atoms with Gasteiger partial charge in [0.15, 0.2) is 5.65 Å². The largest absolute Gasteiger partial charge is 0.451 e. The molecular weight excluding hydrogens is 362 g/mol. The van der Waals surface area contributed by atoms with E-state index in [0.29, 0.717) is 16.7 Å². The van der Waals surface area contributed by atoms with Crippen molar-refractivity contribution in [2.24, 2.45) is 14.1 Å². The van der Waals surface area contributed by atoms with Crippen molar-refractivity contribution in [1.82, 2.24) is 19.1 Å². The molecule has 0 fully saturated rings. The number of anilines is 2. The summed E-state index contributed by atoms with van der Waals surface area (Å²) in [7, 11) is 8.27. The quantitative estimate of drug-likeness (QED) is 0.673. The van der Waals surface area contributed by atoms with Gasteiger partial charge in [0.05, 0.1) is 0 Å². The zero-order valence-electron chi connectivity index (χ0n) is 14.5. The zero-order valence-corrected chi connectivity index (χ0v) is 14.5. The number of halogens is 3. The van der Waals surface area contributed by atoms with Crippen molar-refractivity contribution in [2.75, 3.05) is 5.32 Å². The van der Waals surface area contributed by atoms with Crippen LogP contribution in [0.2, 0.25) is 0 Å². The summed E-state index contributed by atoms with van der Waals surface area (Å²) in [5.74, 6) is -1.83. The van der Waals surface area contributed by atoms with E-state index in [-0.39, 0.29) is 11.2 Å².